The fraction of sp³-hybridized carbons (Fsp3) is 0.0526. The lowest BCUT2D eigenvalue weighted by molar-refractivity contribution is -0.137. The molecule has 4 rings (SSSR count). The summed E-state index contributed by atoms with van der Waals surface area (Å²) >= 11 is 1.36. The summed E-state index contributed by atoms with van der Waals surface area (Å²) in [4.78, 5) is 12.6. The van der Waals surface area contributed by atoms with Gasteiger partial charge in [0, 0.05) is 27.1 Å². The van der Waals surface area contributed by atoms with Crippen molar-refractivity contribution < 1.29 is 17.7 Å². The van der Waals surface area contributed by atoms with E-state index in [0.717, 1.165) is 10.8 Å². The molecular formula is C19H10F3NO2S. The number of rotatable bonds is 2. The normalized spacial score (nSPS) is 11.8. The maximum absolute atomic E-state index is 13.2. The lowest BCUT2D eigenvalue weighted by Crippen LogP contribution is -2.06. The molecule has 0 aliphatic carbocycles. The second-order valence-electron chi connectivity index (χ2n) is 5.59. The molecule has 0 aliphatic rings. The molecule has 0 atom stereocenters. The number of halogens is 3. The first-order valence-electron chi connectivity index (χ1n) is 7.59. The van der Waals surface area contributed by atoms with Crippen molar-refractivity contribution in [3.8, 4) is 22.6 Å². The van der Waals surface area contributed by atoms with E-state index in [1.807, 2.05) is 12.1 Å². The van der Waals surface area contributed by atoms with Gasteiger partial charge in [0.05, 0.1) is 11.1 Å². The molecule has 2 aromatic heterocycles. The zero-order valence-corrected chi connectivity index (χ0v) is 13.9. The van der Waals surface area contributed by atoms with Crippen molar-refractivity contribution in [2.24, 2.45) is 0 Å². The molecule has 0 aliphatic heterocycles. The maximum atomic E-state index is 13.2. The third-order valence-electron chi connectivity index (χ3n) is 3.96. The summed E-state index contributed by atoms with van der Waals surface area (Å²) in [5.74, 6) is 0.143. The molecule has 130 valence electrons. The molecule has 0 spiro atoms. The van der Waals surface area contributed by atoms with E-state index < -0.39 is 11.7 Å². The van der Waals surface area contributed by atoms with Gasteiger partial charge in [0.2, 0.25) is 0 Å². The van der Waals surface area contributed by atoms with Crippen molar-refractivity contribution in [2.75, 3.05) is 0 Å². The molecule has 0 unspecified atom stereocenters. The fourth-order valence-electron chi connectivity index (χ4n) is 2.73. The van der Waals surface area contributed by atoms with E-state index in [0.29, 0.717) is 5.39 Å². The number of fused-ring (bicyclic) bond motifs is 1. The Bertz CT molecular complexity index is 1160. The molecule has 26 heavy (non-hydrogen) atoms. The molecule has 4 aromatic rings. The van der Waals surface area contributed by atoms with Crippen molar-refractivity contribution in [1.29, 1.82) is 0 Å². The van der Waals surface area contributed by atoms with E-state index in [-0.39, 0.29) is 28.0 Å². The van der Waals surface area contributed by atoms with Crippen LogP contribution in [0.5, 0.6) is 0 Å². The largest absolute Gasteiger partial charge is 0.417 e. The molecular weight excluding hydrogens is 363 g/mol. The monoisotopic (exact) mass is 373 g/mol. The lowest BCUT2D eigenvalue weighted by atomic mass is 10.0. The topological polar surface area (TPSA) is 43.1 Å². The highest BCUT2D eigenvalue weighted by Crippen LogP contribution is 2.37. The van der Waals surface area contributed by atoms with Crippen LogP contribution < -0.4 is 5.43 Å². The average Bonchev–Trinajstić information content (AvgIpc) is 3.11. The summed E-state index contributed by atoms with van der Waals surface area (Å²) in [7, 11) is 0. The molecule has 2 heterocycles. The summed E-state index contributed by atoms with van der Waals surface area (Å²) in [6.07, 6.45) is -4.51. The van der Waals surface area contributed by atoms with Crippen LogP contribution in [0.3, 0.4) is 0 Å². The van der Waals surface area contributed by atoms with Gasteiger partial charge in [-0.3, -0.25) is 4.79 Å². The van der Waals surface area contributed by atoms with E-state index in [2.05, 4.69) is 5.16 Å². The molecule has 2 aromatic carbocycles. The van der Waals surface area contributed by atoms with E-state index in [9.17, 15) is 18.0 Å². The second kappa shape index (κ2) is 6.10. The Morgan fingerprint density at radius 1 is 0.962 bits per heavy atom. The summed E-state index contributed by atoms with van der Waals surface area (Å²) < 4.78 is 45.6. The third kappa shape index (κ3) is 2.80. The second-order valence-corrected chi connectivity index (χ2v) is 6.51. The lowest BCUT2D eigenvalue weighted by Gasteiger charge is -2.10. The van der Waals surface area contributed by atoms with E-state index in [1.54, 1.807) is 17.5 Å². The minimum atomic E-state index is -4.51. The smallest absolute Gasteiger partial charge is 0.355 e. The van der Waals surface area contributed by atoms with E-state index in [1.165, 1.54) is 35.6 Å². The van der Waals surface area contributed by atoms with Crippen LogP contribution in [0.2, 0.25) is 0 Å². The Hall–Kier alpha value is -2.93. The SMILES string of the molecule is O=c1c(-c2cc(-c3ccccc3C(F)(F)F)no2)csc2ccccc12. The molecule has 3 nitrogen and oxygen atoms in total. The quantitative estimate of drug-likeness (QED) is 0.459. The molecule has 0 saturated carbocycles. The molecule has 0 radical (unpaired) electrons. The first kappa shape index (κ1) is 16.5. The van der Waals surface area contributed by atoms with Crippen molar-refractivity contribution >= 4 is 21.4 Å². The molecule has 0 fully saturated rings. The van der Waals surface area contributed by atoms with Gasteiger partial charge >= 0.3 is 6.18 Å². The van der Waals surface area contributed by atoms with E-state index in [4.69, 9.17) is 4.52 Å². The maximum Gasteiger partial charge on any atom is 0.417 e. The first-order valence-corrected chi connectivity index (χ1v) is 8.47. The van der Waals surface area contributed by atoms with Gasteiger partial charge in [-0.05, 0) is 18.2 Å². The molecule has 0 N–H and O–H groups in total. The third-order valence-corrected chi connectivity index (χ3v) is 4.93. The predicted octanol–water partition coefficient (Wildman–Crippen LogP) is 5.60. The minimum absolute atomic E-state index is 0.0329. The van der Waals surface area contributed by atoms with Crippen molar-refractivity contribution in [1.82, 2.24) is 5.16 Å². The number of benzene rings is 2. The summed E-state index contributed by atoms with van der Waals surface area (Å²) in [5.41, 5.74) is -0.830. The summed E-state index contributed by atoms with van der Waals surface area (Å²) in [6, 6.07) is 13.6. The van der Waals surface area contributed by atoms with Crippen LogP contribution >= 0.6 is 11.3 Å². The molecule has 0 amide bonds. The standard InChI is InChI=1S/C19H10F3NO2S/c20-19(21,22)14-7-3-1-5-11(14)15-9-16(25-23-15)13-10-26-17-8-4-2-6-12(17)18(13)24/h1-10H. The molecule has 0 bridgehead atoms. The van der Waals surface area contributed by atoms with Crippen LogP contribution in [0.15, 0.2) is 69.3 Å². The van der Waals surface area contributed by atoms with Gasteiger partial charge in [0.25, 0.3) is 0 Å². The van der Waals surface area contributed by atoms with Gasteiger partial charge in [0.1, 0.15) is 5.69 Å². The number of nitrogens with zero attached hydrogens (tertiary/aromatic N) is 1. The number of alkyl halides is 3. The Morgan fingerprint density at radius 3 is 2.50 bits per heavy atom. The predicted molar refractivity (Wildman–Crippen MR) is 94.0 cm³/mol. The first-order chi connectivity index (χ1) is 12.4. The Morgan fingerprint density at radius 2 is 1.69 bits per heavy atom. The van der Waals surface area contributed by atoms with Gasteiger partial charge in [-0.15, -0.1) is 11.3 Å². The van der Waals surface area contributed by atoms with Crippen LogP contribution in [-0.2, 0) is 6.18 Å². The van der Waals surface area contributed by atoms with Gasteiger partial charge in [-0.2, -0.15) is 13.2 Å². The van der Waals surface area contributed by atoms with Gasteiger partial charge in [-0.25, -0.2) is 0 Å². The molecule has 0 saturated heterocycles. The number of hydrogen-bond acceptors (Lipinski definition) is 4. The fourth-order valence-corrected chi connectivity index (χ4v) is 3.64. The average molecular weight is 373 g/mol. The Kier molecular flexibility index (Phi) is 3.88. The highest BCUT2D eigenvalue weighted by molar-refractivity contribution is 7.16. The highest BCUT2D eigenvalue weighted by Gasteiger charge is 2.34. The van der Waals surface area contributed by atoms with Crippen LogP contribution in [0.4, 0.5) is 13.2 Å². The van der Waals surface area contributed by atoms with Crippen molar-refractivity contribution in [3.05, 3.63) is 75.8 Å². The van der Waals surface area contributed by atoms with Crippen LogP contribution in [0, 0.1) is 0 Å². The summed E-state index contributed by atoms with van der Waals surface area (Å²) in [5, 5.41) is 5.91. The minimum Gasteiger partial charge on any atom is -0.355 e. The summed E-state index contributed by atoms with van der Waals surface area (Å²) in [6.45, 7) is 0. The van der Waals surface area contributed by atoms with Crippen LogP contribution in [0.25, 0.3) is 32.7 Å². The van der Waals surface area contributed by atoms with Gasteiger partial charge in [-0.1, -0.05) is 35.5 Å². The number of aromatic nitrogens is 1. The zero-order chi connectivity index (χ0) is 18.3. The van der Waals surface area contributed by atoms with Gasteiger partial charge < -0.3 is 4.52 Å². The van der Waals surface area contributed by atoms with Crippen LogP contribution in [0.1, 0.15) is 5.56 Å². The highest BCUT2D eigenvalue weighted by atomic mass is 32.1. The van der Waals surface area contributed by atoms with Crippen LogP contribution in [-0.4, -0.2) is 5.16 Å². The van der Waals surface area contributed by atoms with Gasteiger partial charge in [0.15, 0.2) is 11.2 Å². The van der Waals surface area contributed by atoms with E-state index >= 15 is 0 Å². The van der Waals surface area contributed by atoms with Crippen molar-refractivity contribution in [3.63, 3.8) is 0 Å². The molecule has 7 heteroatoms. The van der Waals surface area contributed by atoms with Crippen molar-refractivity contribution in [2.45, 2.75) is 6.18 Å². The number of hydrogen-bond donors (Lipinski definition) is 0. The Balaban J connectivity index is 1.84. The zero-order valence-electron chi connectivity index (χ0n) is 13.1. The Labute approximate surface area is 149 Å².